The fourth-order valence-electron chi connectivity index (χ4n) is 2.13. The van der Waals surface area contributed by atoms with Crippen molar-refractivity contribution in [1.82, 2.24) is 4.98 Å². The van der Waals surface area contributed by atoms with Crippen molar-refractivity contribution in [1.29, 1.82) is 0 Å². The van der Waals surface area contributed by atoms with Gasteiger partial charge in [0.05, 0.1) is 10.7 Å². The lowest BCUT2D eigenvalue weighted by Crippen LogP contribution is -2.20. The maximum Gasteiger partial charge on any atom is 0.264 e. The number of thiazole rings is 1. The maximum absolute atomic E-state index is 11.9. The number of ether oxygens (including phenoxy) is 1. The first-order chi connectivity index (χ1) is 10.1. The summed E-state index contributed by atoms with van der Waals surface area (Å²) in [7, 11) is 0. The van der Waals surface area contributed by atoms with Crippen LogP contribution in [0.2, 0.25) is 5.02 Å². The van der Waals surface area contributed by atoms with Crippen LogP contribution in [0.1, 0.15) is 17.0 Å². The Balaban J connectivity index is 1.56. The number of fused-ring (bicyclic) bond motifs is 1. The molecule has 21 heavy (non-hydrogen) atoms. The Hall–Kier alpha value is -1.11. The predicted octanol–water partition coefficient (Wildman–Crippen LogP) is 4.07. The average molecular weight is 388 g/mol. The molecule has 1 aliphatic carbocycles. The van der Waals surface area contributed by atoms with Gasteiger partial charge in [0.15, 0.2) is 11.7 Å². The van der Waals surface area contributed by atoms with Crippen molar-refractivity contribution in [2.45, 2.75) is 19.3 Å². The summed E-state index contributed by atoms with van der Waals surface area (Å²) in [5.41, 5.74) is 1.12. The van der Waals surface area contributed by atoms with Gasteiger partial charge in [-0.05, 0) is 37.5 Å². The third-order valence-electron chi connectivity index (χ3n) is 3.09. The highest BCUT2D eigenvalue weighted by Crippen LogP contribution is 2.30. The third kappa shape index (κ3) is 3.56. The van der Waals surface area contributed by atoms with E-state index in [4.69, 9.17) is 16.3 Å². The molecule has 0 spiro atoms. The maximum atomic E-state index is 11.9. The third-order valence-corrected chi connectivity index (χ3v) is 4.96. The van der Waals surface area contributed by atoms with Crippen LogP contribution in [0.15, 0.2) is 22.7 Å². The summed E-state index contributed by atoms with van der Waals surface area (Å²) in [6.07, 6.45) is 3.23. The van der Waals surface area contributed by atoms with E-state index in [1.165, 1.54) is 4.88 Å². The molecule has 4 nitrogen and oxygen atoms in total. The number of benzene rings is 1. The van der Waals surface area contributed by atoms with E-state index in [1.807, 2.05) is 6.07 Å². The smallest absolute Gasteiger partial charge is 0.264 e. The lowest BCUT2D eigenvalue weighted by molar-refractivity contribution is -0.118. The molecule has 1 aromatic heterocycles. The highest BCUT2D eigenvalue weighted by Gasteiger charge is 2.17. The van der Waals surface area contributed by atoms with Crippen molar-refractivity contribution in [3.05, 3.63) is 38.3 Å². The number of amides is 1. The molecule has 2 aromatic rings. The molecule has 1 N–H and O–H groups in total. The second-order valence-corrected chi connectivity index (χ2v) is 7.06. The molecule has 7 heteroatoms. The van der Waals surface area contributed by atoms with E-state index in [-0.39, 0.29) is 12.5 Å². The summed E-state index contributed by atoms with van der Waals surface area (Å²) >= 11 is 10.9. The largest absolute Gasteiger partial charge is 0.482 e. The Labute approximate surface area is 139 Å². The van der Waals surface area contributed by atoms with E-state index in [2.05, 4.69) is 26.2 Å². The van der Waals surface area contributed by atoms with Crippen LogP contribution in [-0.2, 0) is 17.6 Å². The standard InChI is InChI=1S/C14H12BrClN2O2S/c15-8-4-5-11(9(16)6-8)20-7-13(19)18-14-17-10-2-1-3-12(10)21-14/h4-6H,1-3,7H2,(H,17,18,19). The van der Waals surface area contributed by atoms with Gasteiger partial charge in [0, 0.05) is 9.35 Å². The number of nitrogens with one attached hydrogen (secondary N) is 1. The van der Waals surface area contributed by atoms with E-state index >= 15 is 0 Å². The Bertz CT molecular complexity index is 668. The van der Waals surface area contributed by atoms with E-state index in [9.17, 15) is 4.79 Å². The topological polar surface area (TPSA) is 51.2 Å². The summed E-state index contributed by atoms with van der Waals surface area (Å²) in [6.45, 7) is -0.0917. The molecule has 0 saturated carbocycles. The van der Waals surface area contributed by atoms with Gasteiger partial charge in [-0.2, -0.15) is 0 Å². The van der Waals surface area contributed by atoms with Crippen LogP contribution in [-0.4, -0.2) is 17.5 Å². The van der Waals surface area contributed by atoms with Crippen molar-refractivity contribution in [3.63, 3.8) is 0 Å². The molecular formula is C14H12BrClN2O2S. The van der Waals surface area contributed by atoms with Gasteiger partial charge < -0.3 is 4.74 Å². The number of anilines is 1. The first-order valence-corrected chi connectivity index (χ1v) is 8.47. The van der Waals surface area contributed by atoms with Crippen LogP contribution in [0.3, 0.4) is 0 Å². The molecule has 3 rings (SSSR count). The minimum absolute atomic E-state index is 0.0917. The molecule has 0 unspecified atom stereocenters. The van der Waals surface area contributed by atoms with E-state index in [1.54, 1.807) is 23.5 Å². The lowest BCUT2D eigenvalue weighted by Gasteiger charge is -2.07. The highest BCUT2D eigenvalue weighted by atomic mass is 79.9. The Morgan fingerprint density at radius 1 is 1.48 bits per heavy atom. The number of aryl methyl sites for hydroxylation is 2. The Morgan fingerprint density at radius 3 is 3.10 bits per heavy atom. The number of rotatable bonds is 4. The monoisotopic (exact) mass is 386 g/mol. The molecule has 0 fully saturated rings. The number of hydrogen-bond acceptors (Lipinski definition) is 4. The van der Waals surface area contributed by atoms with Crippen LogP contribution in [0, 0.1) is 0 Å². The second kappa shape index (κ2) is 6.34. The van der Waals surface area contributed by atoms with Gasteiger partial charge >= 0.3 is 0 Å². The number of aromatic nitrogens is 1. The zero-order valence-corrected chi connectivity index (χ0v) is 14.1. The second-order valence-electron chi connectivity index (χ2n) is 4.65. The lowest BCUT2D eigenvalue weighted by atomic mass is 10.3. The number of hydrogen-bond donors (Lipinski definition) is 1. The molecule has 1 aliphatic rings. The average Bonchev–Trinajstić information content (AvgIpc) is 2.98. The molecule has 0 saturated heterocycles. The normalized spacial score (nSPS) is 13.0. The molecule has 1 amide bonds. The number of nitrogens with zero attached hydrogens (tertiary/aromatic N) is 1. The van der Waals surface area contributed by atoms with E-state index in [0.29, 0.717) is 15.9 Å². The first kappa shape index (κ1) is 14.8. The van der Waals surface area contributed by atoms with E-state index < -0.39 is 0 Å². The minimum atomic E-state index is -0.235. The van der Waals surface area contributed by atoms with Gasteiger partial charge in [0.2, 0.25) is 0 Å². The van der Waals surface area contributed by atoms with Gasteiger partial charge in [-0.3, -0.25) is 10.1 Å². The number of carbonyl (C=O) groups excluding carboxylic acids is 1. The van der Waals surface area contributed by atoms with Gasteiger partial charge in [0.1, 0.15) is 5.75 Å². The van der Waals surface area contributed by atoms with Crippen LogP contribution in [0.25, 0.3) is 0 Å². The zero-order chi connectivity index (χ0) is 14.8. The van der Waals surface area contributed by atoms with Crippen molar-refractivity contribution in [2.24, 2.45) is 0 Å². The van der Waals surface area contributed by atoms with Crippen LogP contribution in [0.5, 0.6) is 5.75 Å². The van der Waals surface area contributed by atoms with Crippen molar-refractivity contribution in [3.8, 4) is 5.75 Å². The quantitative estimate of drug-likeness (QED) is 0.860. The number of carbonyl (C=O) groups is 1. The molecule has 1 aromatic carbocycles. The van der Waals surface area contributed by atoms with Crippen LogP contribution in [0.4, 0.5) is 5.13 Å². The number of halogens is 2. The fourth-order valence-corrected chi connectivity index (χ4v) is 3.93. The van der Waals surface area contributed by atoms with Crippen LogP contribution < -0.4 is 10.1 Å². The molecule has 0 bridgehead atoms. The van der Waals surface area contributed by atoms with Gasteiger partial charge in [-0.25, -0.2) is 4.98 Å². The molecule has 0 radical (unpaired) electrons. The molecular weight excluding hydrogens is 376 g/mol. The summed E-state index contributed by atoms with van der Waals surface area (Å²) in [6, 6.07) is 5.25. The molecule has 110 valence electrons. The van der Waals surface area contributed by atoms with Crippen LogP contribution >= 0.6 is 38.9 Å². The SMILES string of the molecule is O=C(COc1ccc(Br)cc1Cl)Nc1nc2c(s1)CCC2. The van der Waals surface area contributed by atoms with Gasteiger partial charge in [-0.15, -0.1) is 11.3 Å². The van der Waals surface area contributed by atoms with Crippen molar-refractivity contribution >= 4 is 49.9 Å². The summed E-state index contributed by atoms with van der Waals surface area (Å²) in [5, 5.41) is 3.88. The van der Waals surface area contributed by atoms with Gasteiger partial charge in [-0.1, -0.05) is 27.5 Å². The van der Waals surface area contributed by atoms with E-state index in [0.717, 1.165) is 29.4 Å². The summed E-state index contributed by atoms with van der Waals surface area (Å²) < 4.78 is 6.28. The minimum Gasteiger partial charge on any atom is -0.482 e. The predicted molar refractivity (Wildman–Crippen MR) is 87.4 cm³/mol. The fraction of sp³-hybridized carbons (Fsp3) is 0.286. The Kier molecular flexibility index (Phi) is 4.47. The molecule has 0 aliphatic heterocycles. The first-order valence-electron chi connectivity index (χ1n) is 6.48. The van der Waals surface area contributed by atoms with Gasteiger partial charge in [0.25, 0.3) is 5.91 Å². The Morgan fingerprint density at radius 2 is 2.33 bits per heavy atom. The van der Waals surface area contributed by atoms with Crippen molar-refractivity contribution in [2.75, 3.05) is 11.9 Å². The highest BCUT2D eigenvalue weighted by molar-refractivity contribution is 9.10. The zero-order valence-electron chi connectivity index (χ0n) is 11.0. The van der Waals surface area contributed by atoms with Crippen molar-refractivity contribution < 1.29 is 9.53 Å². The summed E-state index contributed by atoms with van der Waals surface area (Å²) in [5.74, 6) is 0.248. The molecule has 0 atom stereocenters. The summed E-state index contributed by atoms with van der Waals surface area (Å²) in [4.78, 5) is 17.6. The molecule has 1 heterocycles.